The van der Waals surface area contributed by atoms with Gasteiger partial charge in [-0.05, 0) is 42.8 Å². The zero-order valence-corrected chi connectivity index (χ0v) is 16.9. The Bertz CT molecular complexity index is 973. The van der Waals surface area contributed by atoms with Gasteiger partial charge in [-0.25, -0.2) is 8.42 Å². The van der Waals surface area contributed by atoms with Crippen LogP contribution < -0.4 is 5.32 Å². The van der Waals surface area contributed by atoms with Gasteiger partial charge in [-0.3, -0.25) is 4.79 Å². The van der Waals surface area contributed by atoms with E-state index in [4.69, 9.17) is 27.9 Å². The van der Waals surface area contributed by atoms with Gasteiger partial charge in [-0.1, -0.05) is 29.3 Å². The fourth-order valence-electron chi connectivity index (χ4n) is 2.69. The van der Waals surface area contributed by atoms with Crippen LogP contribution in [-0.4, -0.2) is 44.9 Å². The van der Waals surface area contributed by atoms with Crippen LogP contribution in [0.3, 0.4) is 0 Å². The van der Waals surface area contributed by atoms with E-state index in [0.717, 1.165) is 5.56 Å². The molecule has 0 atom stereocenters. The van der Waals surface area contributed by atoms with Gasteiger partial charge in [0.2, 0.25) is 10.0 Å². The van der Waals surface area contributed by atoms with Crippen molar-refractivity contribution >= 4 is 44.8 Å². The minimum atomic E-state index is -3.73. The first-order chi connectivity index (χ1) is 12.8. The molecular weight excluding hydrogens is 411 g/mol. The standard InChI is InChI=1S/C18H18Cl2N2O4S/c1-12-2-3-13(19)10-17(12)21-18(23)15-11-14(4-5-16(15)20)27(24,25)22-6-8-26-9-7-22/h2-5,10-11H,6-9H2,1H3,(H,21,23). The summed E-state index contributed by atoms with van der Waals surface area (Å²) in [6.45, 7) is 3.05. The molecule has 2 aromatic rings. The Morgan fingerprint density at radius 1 is 1.11 bits per heavy atom. The summed E-state index contributed by atoms with van der Waals surface area (Å²) in [6, 6.07) is 9.22. The van der Waals surface area contributed by atoms with Gasteiger partial charge in [0, 0.05) is 23.8 Å². The number of halogens is 2. The third-order valence-electron chi connectivity index (χ3n) is 4.24. The Morgan fingerprint density at radius 2 is 1.81 bits per heavy atom. The molecule has 1 fully saturated rings. The number of benzene rings is 2. The molecule has 6 nitrogen and oxygen atoms in total. The smallest absolute Gasteiger partial charge is 0.257 e. The maximum atomic E-state index is 12.8. The molecular formula is C18H18Cl2N2O4S. The summed E-state index contributed by atoms with van der Waals surface area (Å²) in [5.41, 5.74) is 1.43. The second-order valence-corrected chi connectivity index (χ2v) is 8.85. The molecule has 0 aromatic heterocycles. The third kappa shape index (κ3) is 4.44. The van der Waals surface area contributed by atoms with E-state index >= 15 is 0 Å². The highest BCUT2D eigenvalue weighted by atomic mass is 35.5. The quantitative estimate of drug-likeness (QED) is 0.807. The molecule has 0 spiro atoms. The van der Waals surface area contributed by atoms with E-state index in [2.05, 4.69) is 5.32 Å². The van der Waals surface area contributed by atoms with Crippen molar-refractivity contribution in [3.8, 4) is 0 Å². The monoisotopic (exact) mass is 428 g/mol. The molecule has 0 bridgehead atoms. The highest BCUT2D eigenvalue weighted by Gasteiger charge is 2.27. The van der Waals surface area contributed by atoms with Gasteiger partial charge in [0.15, 0.2) is 0 Å². The van der Waals surface area contributed by atoms with Gasteiger partial charge >= 0.3 is 0 Å². The van der Waals surface area contributed by atoms with Crippen molar-refractivity contribution in [2.45, 2.75) is 11.8 Å². The first kappa shape index (κ1) is 20.1. The summed E-state index contributed by atoms with van der Waals surface area (Å²) in [6.07, 6.45) is 0. The summed E-state index contributed by atoms with van der Waals surface area (Å²) in [7, 11) is -3.73. The SMILES string of the molecule is Cc1ccc(Cl)cc1NC(=O)c1cc(S(=O)(=O)N2CCOCC2)ccc1Cl. The van der Waals surface area contributed by atoms with E-state index in [-0.39, 0.29) is 28.6 Å². The Hall–Kier alpha value is -1.64. The lowest BCUT2D eigenvalue weighted by Crippen LogP contribution is -2.40. The van der Waals surface area contributed by atoms with Crippen LogP contribution in [-0.2, 0) is 14.8 Å². The molecule has 27 heavy (non-hydrogen) atoms. The van der Waals surface area contributed by atoms with Crippen LogP contribution in [0.1, 0.15) is 15.9 Å². The summed E-state index contributed by atoms with van der Waals surface area (Å²) < 4.78 is 32.1. The van der Waals surface area contributed by atoms with Crippen LogP contribution in [0.4, 0.5) is 5.69 Å². The van der Waals surface area contributed by atoms with Crippen molar-refractivity contribution in [1.29, 1.82) is 0 Å². The molecule has 0 unspecified atom stereocenters. The molecule has 0 radical (unpaired) electrons. The number of hydrogen-bond acceptors (Lipinski definition) is 4. The van der Waals surface area contributed by atoms with Crippen molar-refractivity contribution in [1.82, 2.24) is 4.31 Å². The number of carbonyl (C=O) groups excluding carboxylic acids is 1. The third-order valence-corrected chi connectivity index (χ3v) is 6.70. The Balaban J connectivity index is 1.91. The highest BCUT2D eigenvalue weighted by molar-refractivity contribution is 7.89. The zero-order valence-electron chi connectivity index (χ0n) is 14.5. The molecule has 2 aromatic carbocycles. The second kappa shape index (κ2) is 8.16. The average Bonchev–Trinajstić information content (AvgIpc) is 2.65. The number of rotatable bonds is 4. The normalized spacial score (nSPS) is 15.5. The fourth-order valence-corrected chi connectivity index (χ4v) is 4.50. The molecule has 1 amide bonds. The summed E-state index contributed by atoms with van der Waals surface area (Å²) >= 11 is 12.1. The van der Waals surface area contributed by atoms with Crippen molar-refractivity contribution in [3.05, 3.63) is 57.6 Å². The number of hydrogen-bond donors (Lipinski definition) is 1. The summed E-state index contributed by atoms with van der Waals surface area (Å²) in [4.78, 5) is 12.7. The minimum absolute atomic E-state index is 0.0155. The van der Waals surface area contributed by atoms with Gasteiger partial charge in [0.05, 0.1) is 28.7 Å². The van der Waals surface area contributed by atoms with Crippen LogP contribution in [0, 0.1) is 6.92 Å². The molecule has 1 aliphatic heterocycles. The van der Waals surface area contributed by atoms with Crippen LogP contribution in [0.25, 0.3) is 0 Å². The van der Waals surface area contributed by atoms with E-state index in [0.29, 0.717) is 23.9 Å². The Morgan fingerprint density at radius 3 is 2.52 bits per heavy atom. The topological polar surface area (TPSA) is 75.7 Å². The van der Waals surface area contributed by atoms with Crippen LogP contribution in [0.5, 0.6) is 0 Å². The minimum Gasteiger partial charge on any atom is -0.379 e. The van der Waals surface area contributed by atoms with Crippen molar-refractivity contribution < 1.29 is 17.9 Å². The number of morpholine rings is 1. The van der Waals surface area contributed by atoms with Gasteiger partial charge in [0.25, 0.3) is 5.91 Å². The summed E-state index contributed by atoms with van der Waals surface area (Å²) in [5, 5.41) is 3.37. The predicted molar refractivity (Wildman–Crippen MR) is 105 cm³/mol. The molecule has 1 saturated heterocycles. The van der Waals surface area contributed by atoms with Crippen LogP contribution in [0.15, 0.2) is 41.3 Å². The van der Waals surface area contributed by atoms with Gasteiger partial charge in [0.1, 0.15) is 0 Å². The number of anilines is 1. The Kier molecular flexibility index (Phi) is 6.08. The Labute approximate surface area is 168 Å². The van der Waals surface area contributed by atoms with Gasteiger partial charge in [-0.15, -0.1) is 0 Å². The largest absolute Gasteiger partial charge is 0.379 e. The fraction of sp³-hybridized carbons (Fsp3) is 0.278. The maximum Gasteiger partial charge on any atom is 0.257 e. The molecule has 0 aliphatic carbocycles. The maximum absolute atomic E-state index is 12.8. The van der Waals surface area contributed by atoms with E-state index in [1.807, 2.05) is 6.92 Å². The molecule has 3 rings (SSSR count). The highest BCUT2D eigenvalue weighted by Crippen LogP contribution is 2.26. The molecule has 144 valence electrons. The predicted octanol–water partition coefficient (Wildman–Crippen LogP) is 3.58. The molecule has 9 heteroatoms. The first-order valence-electron chi connectivity index (χ1n) is 8.24. The molecule has 1 heterocycles. The number of amides is 1. The van der Waals surface area contributed by atoms with Gasteiger partial charge < -0.3 is 10.1 Å². The molecule has 0 saturated carbocycles. The number of carbonyl (C=O) groups is 1. The molecule has 1 aliphatic rings. The lowest BCUT2D eigenvalue weighted by atomic mass is 10.1. The average molecular weight is 429 g/mol. The van der Waals surface area contributed by atoms with Gasteiger partial charge in [-0.2, -0.15) is 4.31 Å². The first-order valence-corrected chi connectivity index (χ1v) is 10.4. The van der Waals surface area contributed by atoms with Crippen molar-refractivity contribution in [3.63, 3.8) is 0 Å². The van der Waals surface area contributed by atoms with Crippen molar-refractivity contribution in [2.24, 2.45) is 0 Å². The second-order valence-electron chi connectivity index (χ2n) is 6.07. The number of aryl methyl sites for hydroxylation is 1. The van der Waals surface area contributed by atoms with E-state index in [1.165, 1.54) is 22.5 Å². The summed E-state index contributed by atoms with van der Waals surface area (Å²) in [5.74, 6) is -0.510. The zero-order chi connectivity index (χ0) is 19.6. The lowest BCUT2D eigenvalue weighted by molar-refractivity contribution is 0.0730. The van der Waals surface area contributed by atoms with E-state index < -0.39 is 15.9 Å². The number of nitrogens with zero attached hydrogens (tertiary/aromatic N) is 1. The van der Waals surface area contributed by atoms with E-state index in [1.54, 1.807) is 18.2 Å². The van der Waals surface area contributed by atoms with Crippen LogP contribution in [0.2, 0.25) is 10.0 Å². The van der Waals surface area contributed by atoms with Crippen LogP contribution >= 0.6 is 23.2 Å². The lowest BCUT2D eigenvalue weighted by Gasteiger charge is -2.26. The number of sulfonamides is 1. The van der Waals surface area contributed by atoms with Crippen molar-refractivity contribution in [2.75, 3.05) is 31.6 Å². The molecule has 1 N–H and O–H groups in total. The van der Waals surface area contributed by atoms with E-state index in [9.17, 15) is 13.2 Å². The number of nitrogens with one attached hydrogen (secondary N) is 1. The number of ether oxygens (including phenoxy) is 1.